The first kappa shape index (κ1) is 24.5. The van der Waals surface area contributed by atoms with Gasteiger partial charge < -0.3 is 15.2 Å². The van der Waals surface area contributed by atoms with Crippen molar-refractivity contribution in [1.29, 1.82) is 0 Å². The van der Waals surface area contributed by atoms with E-state index in [4.69, 9.17) is 0 Å². The van der Waals surface area contributed by atoms with Crippen molar-refractivity contribution in [1.82, 2.24) is 29.1 Å². The van der Waals surface area contributed by atoms with E-state index in [1.54, 1.807) is 18.9 Å². The summed E-state index contributed by atoms with van der Waals surface area (Å²) in [4.78, 5) is 31.0. The van der Waals surface area contributed by atoms with Crippen molar-refractivity contribution in [3.8, 4) is 11.5 Å². The van der Waals surface area contributed by atoms with Crippen LogP contribution in [0.5, 0.6) is 0 Å². The lowest BCUT2D eigenvalue weighted by Crippen LogP contribution is -2.08. The third kappa shape index (κ3) is 5.57. The molecular weight excluding hydrogens is 488 g/mol. The number of carbonyl (C=O) groups is 1. The van der Waals surface area contributed by atoms with Gasteiger partial charge in [-0.25, -0.2) is 19.9 Å². The molecule has 196 valence electrons. The zero-order valence-corrected chi connectivity index (χ0v) is 22.2. The molecule has 1 aliphatic rings. The van der Waals surface area contributed by atoms with Crippen LogP contribution < -0.4 is 10.6 Å². The van der Waals surface area contributed by atoms with E-state index in [9.17, 15) is 4.79 Å². The number of aryl methyl sites for hydroxylation is 3. The molecule has 39 heavy (non-hydrogen) atoms. The van der Waals surface area contributed by atoms with Crippen LogP contribution in [0.15, 0.2) is 73.7 Å². The van der Waals surface area contributed by atoms with Crippen LogP contribution in [0.3, 0.4) is 0 Å². The highest BCUT2D eigenvalue weighted by molar-refractivity contribution is 5.98. The van der Waals surface area contributed by atoms with Gasteiger partial charge in [0.2, 0.25) is 5.95 Å². The van der Waals surface area contributed by atoms with Gasteiger partial charge in [0.1, 0.15) is 18.0 Å². The first-order chi connectivity index (χ1) is 18.9. The molecule has 2 aromatic carbocycles. The summed E-state index contributed by atoms with van der Waals surface area (Å²) in [5.41, 5.74) is 6.47. The fraction of sp³-hybridized carbons (Fsp3) is 0.233. The summed E-state index contributed by atoms with van der Waals surface area (Å²) in [5.74, 6) is 2.17. The second kappa shape index (κ2) is 10.2. The van der Waals surface area contributed by atoms with Gasteiger partial charge in [0.15, 0.2) is 5.78 Å². The molecule has 2 N–H and O–H groups in total. The minimum Gasteiger partial charge on any atom is -0.367 e. The van der Waals surface area contributed by atoms with Crippen molar-refractivity contribution in [3.05, 3.63) is 102 Å². The Kier molecular flexibility index (Phi) is 6.40. The third-order valence-electron chi connectivity index (χ3n) is 6.77. The molecule has 9 nitrogen and oxygen atoms in total. The van der Waals surface area contributed by atoms with Crippen LogP contribution in [-0.4, -0.2) is 40.9 Å². The number of benzene rings is 2. The second-order valence-electron chi connectivity index (χ2n) is 10.2. The summed E-state index contributed by atoms with van der Waals surface area (Å²) in [5, 5.41) is 6.81. The zero-order valence-electron chi connectivity index (χ0n) is 22.2. The van der Waals surface area contributed by atoms with E-state index in [0.717, 1.165) is 39.6 Å². The number of rotatable bonds is 9. The number of anilines is 3. The van der Waals surface area contributed by atoms with Crippen LogP contribution >= 0.6 is 0 Å². The maximum absolute atomic E-state index is 13.4. The quantitative estimate of drug-likeness (QED) is 0.248. The normalized spacial score (nSPS) is 12.9. The Morgan fingerprint density at radius 3 is 2.67 bits per heavy atom. The average Bonchev–Trinajstić information content (AvgIpc) is 3.41. The monoisotopic (exact) mass is 518 g/mol. The highest BCUT2D eigenvalue weighted by atomic mass is 16.1. The van der Waals surface area contributed by atoms with E-state index in [1.165, 1.54) is 12.8 Å². The number of imidazole rings is 2. The summed E-state index contributed by atoms with van der Waals surface area (Å²) >= 11 is 0. The summed E-state index contributed by atoms with van der Waals surface area (Å²) < 4.78 is 3.86. The molecule has 0 bridgehead atoms. The summed E-state index contributed by atoms with van der Waals surface area (Å²) in [6.45, 7) is 6.01. The van der Waals surface area contributed by atoms with E-state index in [0.29, 0.717) is 29.8 Å². The first-order valence-corrected chi connectivity index (χ1v) is 13.1. The number of nitrogens with zero attached hydrogens (tertiary/aromatic N) is 6. The smallest absolute Gasteiger partial charge is 0.213 e. The van der Waals surface area contributed by atoms with E-state index in [2.05, 4.69) is 42.7 Å². The topological polar surface area (TPSA) is 103 Å². The Bertz CT molecular complexity index is 1660. The van der Waals surface area contributed by atoms with Crippen molar-refractivity contribution < 1.29 is 4.79 Å². The molecule has 1 aliphatic carbocycles. The SMILES string of the molecule is Cc1cc(CC(=O)c2ccc(C)c(Nc3nccn3-c3cc(NC4CC4)ncn3)c2)cc(-n2cnc(C)c2)c1. The van der Waals surface area contributed by atoms with E-state index in [-0.39, 0.29) is 5.78 Å². The fourth-order valence-electron chi connectivity index (χ4n) is 4.57. The molecule has 3 aromatic heterocycles. The standard InChI is InChI=1S/C30H30N8O/c1-19-10-22(12-25(11-19)37-16-21(3)34-18-37)13-27(39)23-5-4-20(2)26(14-23)36-30-31-8-9-38(30)29-15-28(32-17-33-29)35-24-6-7-24/h4-5,8-12,14-18,24H,6-7,13H2,1-3H3,(H,31,36)(H,32,33,35). The molecule has 1 fully saturated rings. The van der Waals surface area contributed by atoms with Crippen molar-refractivity contribution in [2.24, 2.45) is 0 Å². The second-order valence-corrected chi connectivity index (χ2v) is 10.2. The Morgan fingerprint density at radius 1 is 1.00 bits per heavy atom. The zero-order chi connectivity index (χ0) is 26.9. The number of aromatic nitrogens is 6. The van der Waals surface area contributed by atoms with Gasteiger partial charge in [-0.2, -0.15) is 0 Å². The molecule has 0 spiro atoms. The summed E-state index contributed by atoms with van der Waals surface area (Å²) in [6.07, 6.45) is 11.5. The molecule has 3 heterocycles. The van der Waals surface area contributed by atoms with Crippen LogP contribution in [-0.2, 0) is 6.42 Å². The predicted octanol–water partition coefficient (Wildman–Crippen LogP) is 5.52. The largest absolute Gasteiger partial charge is 0.367 e. The lowest BCUT2D eigenvalue weighted by molar-refractivity contribution is 0.0993. The Labute approximate surface area is 227 Å². The molecule has 5 aromatic rings. The van der Waals surface area contributed by atoms with Crippen molar-refractivity contribution in [2.45, 2.75) is 46.1 Å². The minimum absolute atomic E-state index is 0.0475. The van der Waals surface area contributed by atoms with Gasteiger partial charge in [-0.15, -0.1) is 0 Å². The Morgan fingerprint density at radius 2 is 1.87 bits per heavy atom. The van der Waals surface area contributed by atoms with Crippen LogP contribution in [0.25, 0.3) is 11.5 Å². The summed E-state index contributed by atoms with van der Waals surface area (Å²) in [7, 11) is 0. The lowest BCUT2D eigenvalue weighted by atomic mass is 9.99. The number of nitrogens with one attached hydrogen (secondary N) is 2. The van der Waals surface area contributed by atoms with E-state index < -0.39 is 0 Å². The maximum Gasteiger partial charge on any atom is 0.213 e. The van der Waals surface area contributed by atoms with Crippen molar-refractivity contribution in [3.63, 3.8) is 0 Å². The highest BCUT2D eigenvalue weighted by Crippen LogP contribution is 2.26. The molecule has 1 saturated carbocycles. The van der Waals surface area contributed by atoms with E-state index >= 15 is 0 Å². The Hall–Kier alpha value is -4.79. The molecular formula is C30H30N8O. The molecule has 0 unspecified atom stereocenters. The highest BCUT2D eigenvalue weighted by Gasteiger charge is 2.21. The number of ketones is 1. The fourth-order valence-corrected chi connectivity index (χ4v) is 4.57. The number of hydrogen-bond acceptors (Lipinski definition) is 7. The molecule has 9 heteroatoms. The molecule has 0 atom stereocenters. The number of carbonyl (C=O) groups excluding carboxylic acids is 1. The third-order valence-corrected chi connectivity index (χ3v) is 6.77. The Balaban J connectivity index is 1.22. The molecule has 0 saturated heterocycles. The molecule has 0 amide bonds. The van der Waals surface area contributed by atoms with Crippen LogP contribution in [0.2, 0.25) is 0 Å². The van der Waals surface area contributed by atoms with Crippen LogP contribution in [0.1, 0.15) is 45.6 Å². The number of Topliss-reactive ketones (excluding diaryl/α,β-unsaturated/α-hetero) is 1. The van der Waals surface area contributed by atoms with Gasteiger partial charge in [-0.3, -0.25) is 9.36 Å². The van der Waals surface area contributed by atoms with Gasteiger partial charge in [0.25, 0.3) is 0 Å². The molecule has 0 radical (unpaired) electrons. The lowest BCUT2D eigenvalue weighted by Gasteiger charge is -2.13. The van der Waals surface area contributed by atoms with Crippen molar-refractivity contribution in [2.75, 3.05) is 10.6 Å². The van der Waals surface area contributed by atoms with Gasteiger partial charge in [0.05, 0.1) is 12.0 Å². The van der Waals surface area contributed by atoms with Gasteiger partial charge in [0, 0.05) is 54.1 Å². The van der Waals surface area contributed by atoms with Gasteiger partial charge in [-0.1, -0.05) is 18.2 Å². The summed E-state index contributed by atoms with van der Waals surface area (Å²) in [6, 6.07) is 14.3. The number of hydrogen-bond donors (Lipinski definition) is 2. The predicted molar refractivity (Wildman–Crippen MR) is 151 cm³/mol. The van der Waals surface area contributed by atoms with Gasteiger partial charge >= 0.3 is 0 Å². The molecule has 0 aliphatic heterocycles. The molecule has 6 rings (SSSR count). The van der Waals surface area contributed by atoms with Crippen LogP contribution in [0.4, 0.5) is 17.5 Å². The van der Waals surface area contributed by atoms with Crippen molar-refractivity contribution >= 4 is 23.2 Å². The minimum atomic E-state index is 0.0475. The van der Waals surface area contributed by atoms with Crippen LogP contribution in [0, 0.1) is 20.8 Å². The first-order valence-electron chi connectivity index (χ1n) is 13.1. The maximum atomic E-state index is 13.4. The van der Waals surface area contributed by atoms with Gasteiger partial charge in [-0.05, 0) is 68.5 Å². The average molecular weight is 519 g/mol. The van der Waals surface area contributed by atoms with E-state index in [1.807, 2.05) is 72.6 Å².